The summed E-state index contributed by atoms with van der Waals surface area (Å²) in [6, 6.07) is 3.85. The molecule has 0 amide bonds. The lowest BCUT2D eigenvalue weighted by Crippen LogP contribution is -2.31. The van der Waals surface area contributed by atoms with Gasteiger partial charge in [-0.2, -0.15) is 0 Å². The fraction of sp³-hybridized carbons (Fsp3) is 0.583. The van der Waals surface area contributed by atoms with Gasteiger partial charge in [0.15, 0.2) is 0 Å². The van der Waals surface area contributed by atoms with Crippen LogP contribution >= 0.6 is 0 Å². The molecule has 3 nitrogen and oxygen atoms in total. The highest BCUT2D eigenvalue weighted by molar-refractivity contribution is 5.15. The van der Waals surface area contributed by atoms with Crippen LogP contribution in [0.3, 0.4) is 0 Å². The van der Waals surface area contributed by atoms with Crippen molar-refractivity contribution in [3.05, 3.63) is 24.5 Å². The Hall–Kier alpha value is -1.09. The van der Waals surface area contributed by atoms with Gasteiger partial charge in [0.05, 0.1) is 6.20 Å². The van der Waals surface area contributed by atoms with E-state index in [0.29, 0.717) is 0 Å². The van der Waals surface area contributed by atoms with Crippen molar-refractivity contribution in [2.75, 3.05) is 19.6 Å². The maximum Gasteiger partial charge on any atom is 0.138 e. The molecule has 1 atom stereocenters. The van der Waals surface area contributed by atoms with Crippen LogP contribution in [0.15, 0.2) is 24.5 Å². The van der Waals surface area contributed by atoms with E-state index in [4.69, 9.17) is 4.74 Å². The highest BCUT2D eigenvalue weighted by Gasteiger charge is 2.15. The third-order valence-corrected chi connectivity index (χ3v) is 2.69. The van der Waals surface area contributed by atoms with Gasteiger partial charge in [0.2, 0.25) is 0 Å². The van der Waals surface area contributed by atoms with Crippen LogP contribution < -0.4 is 4.74 Å². The number of ether oxygens (including phenoxy) is 1. The smallest absolute Gasteiger partial charge is 0.138 e. The summed E-state index contributed by atoms with van der Waals surface area (Å²) in [4.78, 5) is 6.49. The number of hydrogen-bond acceptors (Lipinski definition) is 3. The number of pyridine rings is 1. The summed E-state index contributed by atoms with van der Waals surface area (Å²) >= 11 is 0. The zero-order chi connectivity index (χ0) is 10.5. The third kappa shape index (κ3) is 3.20. The average molecular weight is 206 g/mol. The lowest BCUT2D eigenvalue weighted by molar-refractivity contribution is 0.161. The lowest BCUT2D eigenvalue weighted by Gasteiger charge is -2.21. The lowest BCUT2D eigenvalue weighted by atomic mass is 10.3. The van der Waals surface area contributed by atoms with Gasteiger partial charge in [0, 0.05) is 12.7 Å². The molecule has 0 bridgehead atoms. The largest absolute Gasteiger partial charge is 0.488 e. The van der Waals surface area contributed by atoms with Crippen LogP contribution in [-0.2, 0) is 0 Å². The quantitative estimate of drug-likeness (QED) is 0.753. The summed E-state index contributed by atoms with van der Waals surface area (Å²) in [7, 11) is 0. The Balaban J connectivity index is 1.79. The second-order valence-corrected chi connectivity index (χ2v) is 4.12. The van der Waals surface area contributed by atoms with Crippen LogP contribution in [0.5, 0.6) is 5.75 Å². The van der Waals surface area contributed by atoms with Gasteiger partial charge in [0.1, 0.15) is 11.9 Å². The summed E-state index contributed by atoms with van der Waals surface area (Å²) in [6.07, 6.45) is 6.44. The van der Waals surface area contributed by atoms with Crippen LogP contribution in [-0.4, -0.2) is 35.6 Å². The van der Waals surface area contributed by atoms with Crippen LogP contribution in [0.1, 0.15) is 19.8 Å². The molecule has 1 unspecified atom stereocenters. The van der Waals surface area contributed by atoms with E-state index in [1.54, 1.807) is 12.4 Å². The van der Waals surface area contributed by atoms with E-state index in [9.17, 15) is 0 Å². The van der Waals surface area contributed by atoms with Gasteiger partial charge >= 0.3 is 0 Å². The molecule has 3 heteroatoms. The zero-order valence-electron chi connectivity index (χ0n) is 9.22. The summed E-state index contributed by atoms with van der Waals surface area (Å²) in [5.74, 6) is 0.865. The molecular weight excluding hydrogens is 188 g/mol. The van der Waals surface area contributed by atoms with Gasteiger partial charge in [-0.3, -0.25) is 9.88 Å². The number of likely N-dealkylation sites (tertiary alicyclic amines) is 1. The Morgan fingerprint density at radius 2 is 2.27 bits per heavy atom. The molecule has 0 aromatic carbocycles. The fourth-order valence-corrected chi connectivity index (χ4v) is 2.02. The van der Waals surface area contributed by atoms with E-state index in [1.165, 1.54) is 25.9 Å². The summed E-state index contributed by atoms with van der Waals surface area (Å²) in [5, 5.41) is 0. The predicted molar refractivity (Wildman–Crippen MR) is 60.0 cm³/mol. The van der Waals surface area contributed by atoms with Gasteiger partial charge < -0.3 is 4.74 Å². The minimum absolute atomic E-state index is 0.243. The molecule has 0 N–H and O–H groups in total. The standard InChI is InChI=1S/C12H18N2O/c1-11(10-14-7-2-3-8-14)15-12-5-4-6-13-9-12/h4-6,9,11H,2-3,7-8,10H2,1H3. The first-order valence-corrected chi connectivity index (χ1v) is 5.63. The van der Waals surface area contributed by atoms with Gasteiger partial charge in [-0.25, -0.2) is 0 Å². The van der Waals surface area contributed by atoms with Crippen molar-refractivity contribution in [1.82, 2.24) is 9.88 Å². The number of nitrogens with zero attached hydrogens (tertiary/aromatic N) is 2. The molecule has 0 saturated carbocycles. The molecule has 0 radical (unpaired) electrons. The van der Waals surface area contributed by atoms with Gasteiger partial charge in [-0.15, -0.1) is 0 Å². The van der Waals surface area contributed by atoms with Crippen molar-refractivity contribution in [2.45, 2.75) is 25.9 Å². The minimum atomic E-state index is 0.243. The molecule has 1 aromatic heterocycles. The molecule has 1 aliphatic rings. The van der Waals surface area contributed by atoms with E-state index < -0.39 is 0 Å². The Kier molecular flexibility index (Phi) is 3.56. The van der Waals surface area contributed by atoms with Crippen molar-refractivity contribution in [1.29, 1.82) is 0 Å². The third-order valence-electron chi connectivity index (χ3n) is 2.69. The normalized spacial score (nSPS) is 19.0. The van der Waals surface area contributed by atoms with Crippen molar-refractivity contribution < 1.29 is 4.74 Å². The van der Waals surface area contributed by atoms with E-state index >= 15 is 0 Å². The van der Waals surface area contributed by atoms with Gasteiger partial charge in [0.25, 0.3) is 0 Å². The maximum absolute atomic E-state index is 5.77. The second kappa shape index (κ2) is 5.12. The molecule has 2 heterocycles. The minimum Gasteiger partial charge on any atom is -0.488 e. The number of aromatic nitrogens is 1. The second-order valence-electron chi connectivity index (χ2n) is 4.12. The summed E-state index contributed by atoms with van der Waals surface area (Å²) in [5.41, 5.74) is 0. The maximum atomic E-state index is 5.77. The molecule has 1 aliphatic heterocycles. The Morgan fingerprint density at radius 1 is 1.47 bits per heavy atom. The topological polar surface area (TPSA) is 25.4 Å². The van der Waals surface area contributed by atoms with Crippen LogP contribution in [0.25, 0.3) is 0 Å². The first-order valence-electron chi connectivity index (χ1n) is 5.63. The van der Waals surface area contributed by atoms with Crippen molar-refractivity contribution in [3.8, 4) is 5.75 Å². The molecule has 2 rings (SSSR count). The van der Waals surface area contributed by atoms with Crippen molar-refractivity contribution in [3.63, 3.8) is 0 Å². The van der Waals surface area contributed by atoms with Gasteiger partial charge in [-0.1, -0.05) is 0 Å². The highest BCUT2D eigenvalue weighted by Crippen LogP contribution is 2.12. The molecule has 1 fully saturated rings. The average Bonchev–Trinajstić information content (AvgIpc) is 2.71. The van der Waals surface area contributed by atoms with Crippen LogP contribution in [0, 0.1) is 0 Å². The SMILES string of the molecule is CC(CN1CCCC1)Oc1cccnc1. The van der Waals surface area contributed by atoms with Gasteiger partial charge in [-0.05, 0) is 45.0 Å². The highest BCUT2D eigenvalue weighted by atomic mass is 16.5. The Bertz CT molecular complexity index is 283. The summed E-state index contributed by atoms with van der Waals surface area (Å²) in [6.45, 7) is 5.59. The molecule has 1 saturated heterocycles. The van der Waals surface area contributed by atoms with E-state index in [2.05, 4.69) is 16.8 Å². The predicted octanol–water partition coefficient (Wildman–Crippen LogP) is 1.94. The molecule has 1 aromatic rings. The first-order chi connectivity index (χ1) is 7.34. The van der Waals surface area contributed by atoms with E-state index in [-0.39, 0.29) is 6.10 Å². The first kappa shape index (κ1) is 10.4. The molecule has 82 valence electrons. The monoisotopic (exact) mass is 206 g/mol. The number of hydrogen-bond donors (Lipinski definition) is 0. The zero-order valence-corrected chi connectivity index (χ0v) is 9.22. The molecule has 15 heavy (non-hydrogen) atoms. The fourth-order valence-electron chi connectivity index (χ4n) is 2.02. The van der Waals surface area contributed by atoms with Crippen molar-refractivity contribution >= 4 is 0 Å². The number of rotatable bonds is 4. The van der Waals surface area contributed by atoms with E-state index in [0.717, 1.165) is 12.3 Å². The van der Waals surface area contributed by atoms with Crippen molar-refractivity contribution in [2.24, 2.45) is 0 Å². The summed E-state index contributed by atoms with van der Waals surface area (Å²) < 4.78 is 5.77. The molecular formula is C12H18N2O. The van der Waals surface area contributed by atoms with Crippen LogP contribution in [0.4, 0.5) is 0 Å². The Labute approximate surface area is 91.1 Å². The molecule has 0 aliphatic carbocycles. The van der Waals surface area contributed by atoms with E-state index in [1.807, 2.05) is 12.1 Å². The molecule has 0 spiro atoms. The van der Waals surface area contributed by atoms with Crippen LogP contribution in [0.2, 0.25) is 0 Å². The Morgan fingerprint density at radius 3 is 2.93 bits per heavy atom.